The number of aromatic nitrogens is 2. The molecule has 126 valence electrons. The molecular formula is C17H19ClN4O2. The van der Waals surface area contributed by atoms with Crippen LogP contribution in [0, 0.1) is 11.8 Å². The van der Waals surface area contributed by atoms with Crippen LogP contribution in [-0.2, 0) is 9.59 Å². The van der Waals surface area contributed by atoms with E-state index in [1.54, 1.807) is 35.4 Å². The second-order valence-corrected chi connectivity index (χ2v) is 6.48. The standard InChI is InChI=1S/C17H19ClN4O2/c1-11-8-13(11)17(24)20-5-4-16(23)21-14-9-12(18)2-3-15(14)22-7-6-19-10-22/h2-3,6-7,9-11,13H,4-5,8H2,1H3,(H,20,24)(H,21,23)/t11-,13-/m0/s1. The Morgan fingerprint density at radius 3 is 2.88 bits per heavy atom. The molecule has 3 rings (SSSR count). The van der Waals surface area contributed by atoms with Crippen molar-refractivity contribution in [1.29, 1.82) is 0 Å². The summed E-state index contributed by atoms with van der Waals surface area (Å²) in [6.07, 6.45) is 6.25. The first-order chi connectivity index (χ1) is 11.5. The minimum atomic E-state index is -0.178. The van der Waals surface area contributed by atoms with E-state index in [1.165, 1.54) is 0 Å². The highest BCUT2D eigenvalue weighted by Crippen LogP contribution is 2.37. The molecule has 0 unspecified atom stereocenters. The Labute approximate surface area is 145 Å². The first-order valence-electron chi connectivity index (χ1n) is 7.90. The van der Waals surface area contributed by atoms with E-state index in [4.69, 9.17) is 11.6 Å². The molecule has 1 saturated carbocycles. The summed E-state index contributed by atoms with van der Waals surface area (Å²) in [5, 5.41) is 6.18. The fourth-order valence-corrected chi connectivity index (χ4v) is 2.74. The lowest BCUT2D eigenvalue weighted by atomic mass is 10.2. The molecule has 2 aromatic rings. The number of anilines is 1. The molecule has 0 spiro atoms. The van der Waals surface area contributed by atoms with Crippen molar-refractivity contribution in [3.63, 3.8) is 0 Å². The van der Waals surface area contributed by atoms with Crippen LogP contribution in [0.3, 0.4) is 0 Å². The monoisotopic (exact) mass is 346 g/mol. The lowest BCUT2D eigenvalue weighted by Gasteiger charge is -2.12. The molecule has 2 N–H and O–H groups in total. The number of rotatable bonds is 6. The summed E-state index contributed by atoms with van der Waals surface area (Å²) in [4.78, 5) is 27.9. The van der Waals surface area contributed by atoms with Crippen LogP contribution in [-0.4, -0.2) is 27.9 Å². The van der Waals surface area contributed by atoms with Gasteiger partial charge in [0, 0.05) is 36.3 Å². The van der Waals surface area contributed by atoms with Crippen molar-refractivity contribution >= 4 is 29.1 Å². The fourth-order valence-electron chi connectivity index (χ4n) is 2.57. The summed E-state index contributed by atoms with van der Waals surface area (Å²) >= 11 is 6.03. The molecule has 2 atom stereocenters. The number of nitrogens with zero attached hydrogens (tertiary/aromatic N) is 2. The molecule has 0 radical (unpaired) electrons. The summed E-state index contributed by atoms with van der Waals surface area (Å²) in [6, 6.07) is 5.26. The van der Waals surface area contributed by atoms with Gasteiger partial charge in [0.05, 0.1) is 17.7 Å². The van der Waals surface area contributed by atoms with Crippen LogP contribution in [0.4, 0.5) is 5.69 Å². The van der Waals surface area contributed by atoms with Crippen molar-refractivity contribution in [2.75, 3.05) is 11.9 Å². The van der Waals surface area contributed by atoms with Gasteiger partial charge < -0.3 is 15.2 Å². The van der Waals surface area contributed by atoms with Crippen molar-refractivity contribution in [2.45, 2.75) is 19.8 Å². The molecule has 0 saturated heterocycles. The average Bonchev–Trinajstić information content (AvgIpc) is 3.04. The number of halogens is 1. The van der Waals surface area contributed by atoms with Crippen molar-refractivity contribution in [3.05, 3.63) is 41.9 Å². The van der Waals surface area contributed by atoms with E-state index >= 15 is 0 Å². The van der Waals surface area contributed by atoms with Crippen molar-refractivity contribution in [1.82, 2.24) is 14.9 Å². The molecule has 1 fully saturated rings. The molecule has 2 amide bonds. The summed E-state index contributed by atoms with van der Waals surface area (Å²) in [5.74, 6) is 0.441. The number of carbonyl (C=O) groups excluding carboxylic acids is 2. The lowest BCUT2D eigenvalue weighted by molar-refractivity contribution is -0.122. The van der Waals surface area contributed by atoms with E-state index in [0.717, 1.165) is 12.1 Å². The number of nitrogens with one attached hydrogen (secondary N) is 2. The van der Waals surface area contributed by atoms with Gasteiger partial charge >= 0.3 is 0 Å². The van der Waals surface area contributed by atoms with Crippen molar-refractivity contribution in [3.8, 4) is 5.69 Å². The lowest BCUT2D eigenvalue weighted by Crippen LogP contribution is -2.29. The third kappa shape index (κ3) is 3.94. The van der Waals surface area contributed by atoms with Gasteiger partial charge in [0.25, 0.3) is 0 Å². The zero-order valence-corrected chi connectivity index (χ0v) is 14.1. The Morgan fingerprint density at radius 2 is 2.21 bits per heavy atom. The number of benzene rings is 1. The molecule has 24 heavy (non-hydrogen) atoms. The Morgan fingerprint density at radius 1 is 1.42 bits per heavy atom. The molecule has 0 bridgehead atoms. The van der Waals surface area contributed by atoms with Gasteiger partial charge in [-0.15, -0.1) is 0 Å². The minimum absolute atomic E-state index is 0.0390. The number of amides is 2. The zero-order chi connectivity index (χ0) is 17.1. The maximum Gasteiger partial charge on any atom is 0.226 e. The Hall–Kier alpha value is -2.34. The highest BCUT2D eigenvalue weighted by atomic mass is 35.5. The molecule has 1 heterocycles. The van der Waals surface area contributed by atoms with Crippen LogP contribution < -0.4 is 10.6 Å². The SMILES string of the molecule is C[C@H]1C[C@@H]1C(=O)NCCC(=O)Nc1cc(Cl)ccc1-n1ccnc1. The maximum absolute atomic E-state index is 12.1. The second-order valence-electron chi connectivity index (χ2n) is 6.04. The third-order valence-corrected chi connectivity index (χ3v) is 4.35. The van der Waals surface area contributed by atoms with Gasteiger partial charge in [-0.1, -0.05) is 18.5 Å². The largest absolute Gasteiger partial charge is 0.355 e. The zero-order valence-electron chi connectivity index (χ0n) is 13.3. The number of hydrogen-bond acceptors (Lipinski definition) is 3. The van der Waals surface area contributed by atoms with E-state index in [9.17, 15) is 9.59 Å². The summed E-state index contributed by atoms with van der Waals surface area (Å²) in [7, 11) is 0. The predicted molar refractivity (Wildman–Crippen MR) is 92.1 cm³/mol. The molecule has 7 heteroatoms. The van der Waals surface area contributed by atoms with Crippen LogP contribution in [0.5, 0.6) is 0 Å². The van der Waals surface area contributed by atoms with Gasteiger partial charge in [0.1, 0.15) is 0 Å². The van der Waals surface area contributed by atoms with E-state index in [0.29, 0.717) is 23.2 Å². The molecule has 6 nitrogen and oxygen atoms in total. The Balaban J connectivity index is 1.58. The van der Waals surface area contributed by atoms with Gasteiger partial charge in [0.15, 0.2) is 0 Å². The van der Waals surface area contributed by atoms with Crippen molar-refractivity contribution < 1.29 is 9.59 Å². The van der Waals surface area contributed by atoms with Crippen LogP contribution in [0.1, 0.15) is 19.8 Å². The van der Waals surface area contributed by atoms with Gasteiger partial charge in [0.2, 0.25) is 11.8 Å². The van der Waals surface area contributed by atoms with Crippen LogP contribution >= 0.6 is 11.6 Å². The second kappa shape index (κ2) is 7.05. The van der Waals surface area contributed by atoms with Gasteiger partial charge in [-0.05, 0) is 30.5 Å². The third-order valence-electron chi connectivity index (χ3n) is 4.11. The highest BCUT2D eigenvalue weighted by molar-refractivity contribution is 6.31. The summed E-state index contributed by atoms with van der Waals surface area (Å²) in [5.41, 5.74) is 1.38. The number of imidazole rings is 1. The molecule has 1 aliphatic rings. The summed E-state index contributed by atoms with van der Waals surface area (Å²) < 4.78 is 1.79. The first kappa shape index (κ1) is 16.5. The van der Waals surface area contributed by atoms with Gasteiger partial charge in [-0.2, -0.15) is 0 Å². The first-order valence-corrected chi connectivity index (χ1v) is 8.28. The summed E-state index contributed by atoms with van der Waals surface area (Å²) in [6.45, 7) is 2.38. The molecule has 0 aliphatic heterocycles. The maximum atomic E-state index is 12.1. The topological polar surface area (TPSA) is 76.0 Å². The van der Waals surface area contributed by atoms with E-state index in [1.807, 2.05) is 13.0 Å². The van der Waals surface area contributed by atoms with Crippen LogP contribution in [0.2, 0.25) is 5.02 Å². The fraction of sp³-hybridized carbons (Fsp3) is 0.353. The van der Waals surface area contributed by atoms with Gasteiger partial charge in [-0.25, -0.2) is 4.98 Å². The van der Waals surface area contributed by atoms with Crippen LogP contribution in [0.25, 0.3) is 5.69 Å². The Kier molecular flexibility index (Phi) is 4.85. The predicted octanol–water partition coefficient (Wildman–Crippen LogP) is 2.63. The average molecular weight is 347 g/mol. The molecule has 1 aliphatic carbocycles. The number of carbonyl (C=O) groups is 2. The van der Waals surface area contributed by atoms with Gasteiger partial charge in [-0.3, -0.25) is 9.59 Å². The molecule has 1 aromatic heterocycles. The van der Waals surface area contributed by atoms with E-state index in [-0.39, 0.29) is 24.2 Å². The van der Waals surface area contributed by atoms with Crippen molar-refractivity contribution in [2.24, 2.45) is 11.8 Å². The highest BCUT2D eigenvalue weighted by Gasteiger charge is 2.38. The Bertz CT molecular complexity index is 745. The molecular weight excluding hydrogens is 328 g/mol. The van der Waals surface area contributed by atoms with E-state index in [2.05, 4.69) is 15.6 Å². The smallest absolute Gasteiger partial charge is 0.226 e. The molecule has 1 aromatic carbocycles. The van der Waals surface area contributed by atoms with Crippen LogP contribution in [0.15, 0.2) is 36.9 Å². The minimum Gasteiger partial charge on any atom is -0.355 e. The number of hydrogen-bond donors (Lipinski definition) is 2. The quantitative estimate of drug-likeness (QED) is 0.844. The van der Waals surface area contributed by atoms with E-state index < -0.39 is 0 Å². The normalized spacial score (nSPS) is 18.9.